The molecule has 1 aliphatic rings. The van der Waals surface area contributed by atoms with Gasteiger partial charge in [0.05, 0.1) is 22.1 Å². The molecule has 0 radical (unpaired) electrons. The molecule has 0 saturated heterocycles. The Morgan fingerprint density at radius 2 is 1.29 bits per heavy atom. The van der Waals surface area contributed by atoms with E-state index in [2.05, 4.69) is 143 Å². The van der Waals surface area contributed by atoms with Crippen LogP contribution in [0.3, 0.4) is 0 Å². The highest BCUT2D eigenvalue weighted by Crippen LogP contribution is 2.41. The van der Waals surface area contributed by atoms with Gasteiger partial charge < -0.3 is 8.98 Å². The molecule has 276 valence electrons. The molecule has 6 nitrogen and oxygen atoms in total. The van der Waals surface area contributed by atoms with Crippen LogP contribution in [-0.4, -0.2) is 27.1 Å². The molecule has 0 aliphatic carbocycles. The van der Waals surface area contributed by atoms with Crippen molar-refractivity contribution in [2.75, 3.05) is 0 Å². The first-order valence-electron chi connectivity index (χ1n) is 19.8. The molecule has 4 heterocycles. The lowest BCUT2D eigenvalue weighted by atomic mass is 9.98. The van der Waals surface area contributed by atoms with Crippen LogP contribution in [0.25, 0.3) is 82.4 Å². The Balaban J connectivity index is 1.12. The van der Waals surface area contributed by atoms with Crippen LogP contribution in [0.5, 0.6) is 0 Å². The first-order chi connectivity index (χ1) is 28.7. The van der Waals surface area contributed by atoms with Crippen LogP contribution in [0.4, 0.5) is 0 Å². The molecule has 1 atom stereocenters. The van der Waals surface area contributed by atoms with Gasteiger partial charge in [0.25, 0.3) is 0 Å². The Kier molecular flexibility index (Phi) is 8.07. The molecule has 10 aromatic rings. The standard InChI is InChI=1S/C52H37N5O/c1-34-14-12-30-53-51(35-16-3-2-4-17-35)55-52(54-31-13-15-34)57-45-23-9-6-20-41(45)50-38(21-11-24-47(50)57)36-26-28-46-42(32-36)39-18-5-8-22-44(39)56(46)37-27-29-49-43(33-37)40-19-7-10-25-48(40)58-49/h2-14,16-34H,15H2,1H3/b14-12+,31-13-,53-30-,54-52+,55-51-. The van der Waals surface area contributed by atoms with E-state index in [-0.39, 0.29) is 0 Å². The molecular formula is C52H37N5O. The molecule has 7 aromatic carbocycles. The smallest absolute Gasteiger partial charge is 0.236 e. The zero-order valence-electron chi connectivity index (χ0n) is 31.8. The van der Waals surface area contributed by atoms with Crippen LogP contribution in [0.1, 0.15) is 18.9 Å². The summed E-state index contributed by atoms with van der Waals surface area (Å²) in [7, 11) is 0. The number of allylic oxidation sites excluding steroid dienone is 3. The number of aromatic nitrogens is 2. The molecule has 0 amide bonds. The van der Waals surface area contributed by atoms with Gasteiger partial charge in [-0.3, -0.25) is 4.57 Å². The van der Waals surface area contributed by atoms with E-state index in [1.807, 2.05) is 61.0 Å². The number of para-hydroxylation sites is 3. The number of hydrogen-bond donors (Lipinski definition) is 0. The summed E-state index contributed by atoms with van der Waals surface area (Å²) in [6.45, 7) is 2.20. The van der Waals surface area contributed by atoms with E-state index in [4.69, 9.17) is 19.4 Å². The van der Waals surface area contributed by atoms with Crippen LogP contribution < -0.4 is 0 Å². The Bertz CT molecular complexity index is 3390. The van der Waals surface area contributed by atoms with Gasteiger partial charge in [-0.2, -0.15) is 4.99 Å². The third-order valence-corrected chi connectivity index (χ3v) is 11.3. The quantitative estimate of drug-likeness (QED) is 0.177. The van der Waals surface area contributed by atoms with E-state index >= 15 is 0 Å². The van der Waals surface area contributed by atoms with E-state index in [0.717, 1.165) is 83.6 Å². The Morgan fingerprint density at radius 1 is 0.569 bits per heavy atom. The third kappa shape index (κ3) is 5.60. The molecule has 6 heteroatoms. The molecule has 1 aliphatic heterocycles. The minimum Gasteiger partial charge on any atom is -0.456 e. The largest absolute Gasteiger partial charge is 0.456 e. The van der Waals surface area contributed by atoms with Crippen molar-refractivity contribution in [3.63, 3.8) is 0 Å². The number of hydrogen-bond acceptors (Lipinski definition) is 4. The van der Waals surface area contributed by atoms with Crippen molar-refractivity contribution in [2.45, 2.75) is 13.3 Å². The van der Waals surface area contributed by atoms with Gasteiger partial charge in [-0.1, -0.05) is 122 Å². The predicted molar refractivity (Wildman–Crippen MR) is 243 cm³/mol. The molecule has 11 rings (SSSR count). The molecule has 0 bridgehead atoms. The molecule has 1 unspecified atom stereocenters. The zero-order valence-corrected chi connectivity index (χ0v) is 31.8. The monoisotopic (exact) mass is 747 g/mol. The van der Waals surface area contributed by atoms with Crippen LogP contribution in [0.15, 0.2) is 202 Å². The fraction of sp³-hybridized carbons (Fsp3) is 0.0577. The summed E-state index contributed by atoms with van der Waals surface area (Å²) in [6, 6.07) is 55.5. The van der Waals surface area contributed by atoms with Gasteiger partial charge in [-0.15, -0.1) is 0 Å². The van der Waals surface area contributed by atoms with Gasteiger partial charge in [0, 0.05) is 56.0 Å². The SMILES string of the molecule is CC1/C=C/C=N\C(c2ccccc2)=N/C(n2c3ccccc3c3c(-c4ccc5c(c4)c4ccccc4n5-c4ccc5oc6ccccc6c5c4)cccc32)=N\C=C/C1. The molecule has 0 saturated carbocycles. The number of fused-ring (bicyclic) bond motifs is 9. The molecular weight excluding hydrogens is 711 g/mol. The topological polar surface area (TPSA) is 60.1 Å². The highest BCUT2D eigenvalue weighted by molar-refractivity contribution is 6.21. The number of nitrogens with zero attached hydrogens (tertiary/aromatic N) is 5. The van der Waals surface area contributed by atoms with E-state index < -0.39 is 0 Å². The average Bonchev–Trinajstić information content (AvgIpc) is 3.92. The summed E-state index contributed by atoms with van der Waals surface area (Å²) in [6.07, 6.45) is 10.9. The van der Waals surface area contributed by atoms with Gasteiger partial charge in [-0.25, -0.2) is 9.98 Å². The maximum Gasteiger partial charge on any atom is 0.236 e. The number of benzene rings is 7. The molecule has 58 heavy (non-hydrogen) atoms. The van der Waals surface area contributed by atoms with E-state index in [1.54, 1.807) is 0 Å². The summed E-state index contributed by atoms with van der Waals surface area (Å²) in [4.78, 5) is 15.1. The number of furan rings is 1. The first-order valence-corrected chi connectivity index (χ1v) is 19.8. The van der Waals surface area contributed by atoms with Crippen molar-refractivity contribution in [1.29, 1.82) is 0 Å². The minimum atomic E-state index is 0.348. The van der Waals surface area contributed by atoms with Gasteiger partial charge in [-0.05, 0) is 84.1 Å². The van der Waals surface area contributed by atoms with Gasteiger partial charge >= 0.3 is 0 Å². The molecule has 3 aromatic heterocycles. The van der Waals surface area contributed by atoms with Gasteiger partial charge in [0.2, 0.25) is 5.96 Å². The van der Waals surface area contributed by atoms with Crippen LogP contribution in [0, 0.1) is 5.92 Å². The Morgan fingerprint density at radius 3 is 2.17 bits per heavy atom. The van der Waals surface area contributed by atoms with Crippen molar-refractivity contribution in [3.05, 3.63) is 188 Å². The normalized spacial score (nSPS) is 18.5. The summed E-state index contributed by atoms with van der Waals surface area (Å²) in [5, 5.41) is 6.90. The van der Waals surface area contributed by atoms with Crippen molar-refractivity contribution >= 4 is 83.6 Å². The second-order valence-electron chi connectivity index (χ2n) is 14.9. The minimum absolute atomic E-state index is 0.348. The summed E-state index contributed by atoms with van der Waals surface area (Å²) in [5.41, 5.74) is 10.4. The second kappa shape index (κ2) is 13.9. The van der Waals surface area contributed by atoms with E-state index in [1.165, 1.54) is 10.8 Å². The fourth-order valence-electron chi connectivity index (χ4n) is 8.56. The predicted octanol–water partition coefficient (Wildman–Crippen LogP) is 13.3. The number of aliphatic imine (C=N–C) groups is 3. The van der Waals surface area contributed by atoms with Crippen LogP contribution in [0.2, 0.25) is 0 Å². The summed E-state index contributed by atoms with van der Waals surface area (Å²) in [5.74, 6) is 1.49. The number of rotatable bonds is 3. The van der Waals surface area contributed by atoms with Gasteiger partial charge in [0.1, 0.15) is 11.2 Å². The Labute approximate surface area is 334 Å². The molecule has 0 N–H and O–H groups in total. The summed E-state index contributed by atoms with van der Waals surface area (Å²) < 4.78 is 10.8. The lowest BCUT2D eigenvalue weighted by Gasteiger charge is -2.10. The average molecular weight is 748 g/mol. The zero-order chi connectivity index (χ0) is 38.6. The fourth-order valence-corrected chi connectivity index (χ4v) is 8.56. The highest BCUT2D eigenvalue weighted by Gasteiger charge is 2.20. The van der Waals surface area contributed by atoms with Gasteiger partial charge in [0.15, 0.2) is 5.84 Å². The lowest BCUT2D eigenvalue weighted by Crippen LogP contribution is -2.12. The Hall–Kier alpha value is -7.57. The van der Waals surface area contributed by atoms with E-state index in [9.17, 15) is 0 Å². The maximum atomic E-state index is 6.19. The molecule has 0 fully saturated rings. The second-order valence-corrected chi connectivity index (χ2v) is 14.9. The third-order valence-electron chi connectivity index (χ3n) is 11.3. The number of amidine groups is 1. The van der Waals surface area contributed by atoms with E-state index in [0.29, 0.717) is 17.7 Å². The first kappa shape index (κ1) is 33.7. The van der Waals surface area contributed by atoms with Crippen LogP contribution in [-0.2, 0) is 0 Å². The maximum absolute atomic E-state index is 6.19. The highest BCUT2D eigenvalue weighted by atomic mass is 16.3. The molecule has 0 spiro atoms. The lowest BCUT2D eigenvalue weighted by molar-refractivity contribution is 0.669. The summed E-state index contributed by atoms with van der Waals surface area (Å²) >= 11 is 0. The van der Waals surface area contributed by atoms with Crippen molar-refractivity contribution in [2.24, 2.45) is 20.9 Å². The van der Waals surface area contributed by atoms with Crippen molar-refractivity contribution in [1.82, 2.24) is 9.13 Å². The van der Waals surface area contributed by atoms with Crippen molar-refractivity contribution < 1.29 is 4.42 Å². The van der Waals surface area contributed by atoms with Crippen LogP contribution >= 0.6 is 0 Å². The van der Waals surface area contributed by atoms with Crippen molar-refractivity contribution in [3.8, 4) is 16.8 Å².